The first-order valence-corrected chi connectivity index (χ1v) is 13.8. The molecule has 0 aromatic heterocycles. The first kappa shape index (κ1) is 30.4. The zero-order valence-corrected chi connectivity index (χ0v) is 23.6. The molecule has 0 spiro atoms. The van der Waals surface area contributed by atoms with Gasteiger partial charge in [-0.05, 0) is 63.1 Å². The summed E-state index contributed by atoms with van der Waals surface area (Å²) >= 11 is 0. The van der Waals surface area contributed by atoms with Crippen LogP contribution in [0, 0.1) is 5.92 Å². The molecule has 2 rings (SSSR count). The van der Waals surface area contributed by atoms with Crippen LogP contribution in [0.1, 0.15) is 104 Å². The molecule has 1 aliphatic carbocycles. The van der Waals surface area contributed by atoms with Gasteiger partial charge in [0.1, 0.15) is 17.7 Å². The highest BCUT2D eigenvalue weighted by Gasteiger charge is 2.38. The zero-order chi connectivity index (χ0) is 27.6. The minimum atomic E-state index is -0.820. The number of alkyl carbamates (subject to hydrolysis) is 1. The number of hydrogen-bond donors (Lipinski definition) is 2. The number of carbonyl (C=O) groups excluding carboxylic acids is 3. The molecule has 0 bridgehead atoms. The van der Waals surface area contributed by atoms with Crippen LogP contribution in [0.4, 0.5) is 4.79 Å². The van der Waals surface area contributed by atoms with Gasteiger partial charge in [0.2, 0.25) is 11.8 Å². The molecule has 7 heteroatoms. The number of nitrogens with one attached hydrogen (secondary N) is 2. The molecule has 0 aliphatic heterocycles. The van der Waals surface area contributed by atoms with E-state index in [1.54, 1.807) is 31.7 Å². The molecule has 1 fully saturated rings. The summed E-state index contributed by atoms with van der Waals surface area (Å²) < 4.78 is 5.46. The normalized spacial score (nSPS) is 16.7. The maximum Gasteiger partial charge on any atom is 0.408 e. The van der Waals surface area contributed by atoms with E-state index >= 15 is 0 Å². The summed E-state index contributed by atoms with van der Waals surface area (Å²) in [6, 6.07) is 6.06. The van der Waals surface area contributed by atoms with E-state index in [4.69, 9.17) is 4.74 Å². The fraction of sp³-hybridized carbons (Fsp3) is 0.633. The van der Waals surface area contributed by atoms with Crippen molar-refractivity contribution in [3.05, 3.63) is 42.0 Å². The lowest BCUT2D eigenvalue weighted by Gasteiger charge is -2.37. The quantitative estimate of drug-likeness (QED) is 0.380. The van der Waals surface area contributed by atoms with E-state index in [1.807, 2.05) is 45.0 Å². The molecule has 206 valence electrons. The topological polar surface area (TPSA) is 87.7 Å². The Hall–Kier alpha value is -2.83. The third-order valence-corrected chi connectivity index (χ3v) is 6.87. The van der Waals surface area contributed by atoms with Crippen LogP contribution >= 0.6 is 0 Å². The van der Waals surface area contributed by atoms with E-state index in [9.17, 15) is 14.4 Å². The second-order valence-corrected chi connectivity index (χ2v) is 11.2. The third kappa shape index (κ3) is 9.20. The Balaban J connectivity index is 2.47. The van der Waals surface area contributed by atoms with Gasteiger partial charge in [-0.1, -0.05) is 77.3 Å². The summed E-state index contributed by atoms with van der Waals surface area (Å²) in [7, 11) is 0. The van der Waals surface area contributed by atoms with Gasteiger partial charge in [0.25, 0.3) is 0 Å². The minimum Gasteiger partial charge on any atom is -0.444 e. The fourth-order valence-corrected chi connectivity index (χ4v) is 4.76. The molecule has 0 heterocycles. The van der Waals surface area contributed by atoms with Gasteiger partial charge in [0.15, 0.2) is 0 Å². The van der Waals surface area contributed by atoms with E-state index in [-0.39, 0.29) is 23.8 Å². The van der Waals surface area contributed by atoms with Crippen LogP contribution in [-0.4, -0.2) is 47.0 Å². The molecule has 1 aliphatic rings. The van der Waals surface area contributed by atoms with Crippen molar-refractivity contribution in [2.24, 2.45) is 5.92 Å². The van der Waals surface area contributed by atoms with Crippen LogP contribution in [0.2, 0.25) is 0 Å². The van der Waals surface area contributed by atoms with Crippen LogP contribution in [0.25, 0.3) is 6.08 Å². The lowest BCUT2D eigenvalue weighted by molar-refractivity contribution is -0.143. The Morgan fingerprint density at radius 1 is 1.16 bits per heavy atom. The molecule has 0 radical (unpaired) electrons. The van der Waals surface area contributed by atoms with Gasteiger partial charge < -0.3 is 20.3 Å². The molecule has 1 saturated carbocycles. The number of nitrogens with zero attached hydrogens (tertiary/aromatic N) is 1. The summed E-state index contributed by atoms with van der Waals surface area (Å²) in [4.78, 5) is 42.4. The van der Waals surface area contributed by atoms with Gasteiger partial charge in [-0.3, -0.25) is 9.59 Å². The number of carbonyl (C=O) groups is 3. The number of ether oxygens (including phenoxy) is 1. The highest BCUT2D eigenvalue weighted by Crippen LogP contribution is 2.27. The molecule has 7 nitrogen and oxygen atoms in total. The number of rotatable bonds is 11. The van der Waals surface area contributed by atoms with Gasteiger partial charge in [-0.2, -0.15) is 0 Å². The predicted octanol–water partition coefficient (Wildman–Crippen LogP) is 6.00. The molecular weight excluding hydrogens is 466 g/mol. The van der Waals surface area contributed by atoms with Gasteiger partial charge in [0, 0.05) is 12.6 Å². The number of benzene rings is 1. The average Bonchev–Trinajstić information content (AvgIpc) is 2.85. The van der Waals surface area contributed by atoms with Crippen molar-refractivity contribution in [3.63, 3.8) is 0 Å². The first-order chi connectivity index (χ1) is 17.5. The molecule has 3 amide bonds. The zero-order valence-electron chi connectivity index (χ0n) is 23.6. The van der Waals surface area contributed by atoms with Gasteiger partial charge in [0.05, 0.1) is 0 Å². The van der Waals surface area contributed by atoms with Crippen LogP contribution in [0.3, 0.4) is 0 Å². The molecular formula is C30H47N3O4. The number of hydrogen-bond acceptors (Lipinski definition) is 4. The smallest absolute Gasteiger partial charge is 0.408 e. The van der Waals surface area contributed by atoms with Crippen LogP contribution in [0.5, 0.6) is 0 Å². The van der Waals surface area contributed by atoms with E-state index in [0.29, 0.717) is 19.4 Å². The van der Waals surface area contributed by atoms with Crippen molar-refractivity contribution in [2.75, 3.05) is 6.54 Å². The lowest BCUT2D eigenvalue weighted by Crippen LogP contribution is -2.56. The van der Waals surface area contributed by atoms with Crippen LogP contribution in [0.15, 0.2) is 30.8 Å². The average molecular weight is 514 g/mol. The highest BCUT2D eigenvalue weighted by atomic mass is 16.6. The minimum absolute atomic E-state index is 0.107. The molecule has 1 aromatic carbocycles. The monoisotopic (exact) mass is 513 g/mol. The summed E-state index contributed by atoms with van der Waals surface area (Å²) in [5, 5.41) is 6.04. The standard InChI is InChI=1S/C30H47N3O4/c1-8-19-33(28(35)25(21(4)9-2)32-29(36)37-30(5,6)7)26(23-16-14-15-22(10-3)20-23)27(34)31-24-17-12-11-13-18-24/h10,14-16,20-21,24-26H,3,8-9,11-13,17-19H2,1-2,4-7H3,(H,31,34)(H,32,36). The molecule has 37 heavy (non-hydrogen) atoms. The van der Waals surface area contributed by atoms with Crippen molar-refractivity contribution >= 4 is 24.0 Å². The second kappa shape index (κ2) is 14.2. The van der Waals surface area contributed by atoms with E-state index in [1.165, 1.54) is 6.42 Å². The SMILES string of the molecule is C=Cc1cccc(C(C(=O)NC2CCCCC2)N(CCC)C(=O)C(NC(=O)OC(C)(C)C)C(C)CC)c1. The van der Waals surface area contributed by atoms with E-state index < -0.39 is 23.8 Å². The van der Waals surface area contributed by atoms with Gasteiger partial charge >= 0.3 is 6.09 Å². The van der Waals surface area contributed by atoms with Crippen molar-refractivity contribution in [3.8, 4) is 0 Å². The largest absolute Gasteiger partial charge is 0.444 e. The Kier molecular flexibility index (Phi) is 11.7. The lowest BCUT2D eigenvalue weighted by atomic mass is 9.93. The molecule has 2 N–H and O–H groups in total. The molecule has 0 saturated heterocycles. The summed E-state index contributed by atoms with van der Waals surface area (Å²) in [5.41, 5.74) is 0.916. The van der Waals surface area contributed by atoms with Crippen molar-refractivity contribution < 1.29 is 19.1 Å². The van der Waals surface area contributed by atoms with Crippen LogP contribution < -0.4 is 10.6 Å². The Morgan fingerprint density at radius 2 is 1.84 bits per heavy atom. The Bertz CT molecular complexity index is 918. The summed E-state index contributed by atoms with van der Waals surface area (Å²) in [6.07, 6.45) is 7.70. The van der Waals surface area contributed by atoms with Gasteiger partial charge in [-0.25, -0.2) is 4.79 Å². The second-order valence-electron chi connectivity index (χ2n) is 11.2. The Morgan fingerprint density at radius 3 is 2.41 bits per heavy atom. The fourth-order valence-electron chi connectivity index (χ4n) is 4.76. The number of amides is 3. The van der Waals surface area contributed by atoms with Gasteiger partial charge in [-0.15, -0.1) is 0 Å². The van der Waals surface area contributed by atoms with Crippen molar-refractivity contribution in [2.45, 2.75) is 110 Å². The summed E-state index contributed by atoms with van der Waals surface area (Å²) in [5.74, 6) is -0.620. The summed E-state index contributed by atoms with van der Waals surface area (Å²) in [6.45, 7) is 15.5. The molecule has 3 unspecified atom stereocenters. The molecule has 3 atom stereocenters. The van der Waals surface area contributed by atoms with E-state index in [2.05, 4.69) is 17.2 Å². The maximum absolute atomic E-state index is 14.2. The van der Waals surface area contributed by atoms with Crippen LogP contribution in [-0.2, 0) is 14.3 Å². The van der Waals surface area contributed by atoms with Crippen molar-refractivity contribution in [1.82, 2.24) is 15.5 Å². The Labute approximate surface area is 223 Å². The molecule has 1 aromatic rings. The van der Waals surface area contributed by atoms with E-state index in [0.717, 1.165) is 36.8 Å². The highest BCUT2D eigenvalue weighted by molar-refractivity contribution is 5.92. The van der Waals surface area contributed by atoms with Crippen molar-refractivity contribution in [1.29, 1.82) is 0 Å². The third-order valence-electron chi connectivity index (χ3n) is 6.87. The maximum atomic E-state index is 14.2. The predicted molar refractivity (Wildman–Crippen MR) is 149 cm³/mol. The first-order valence-electron chi connectivity index (χ1n) is 13.8.